The number of allylic oxidation sites excluding steroid dienone is 1. The van der Waals surface area contributed by atoms with Gasteiger partial charge in [-0.2, -0.15) is 0 Å². The highest BCUT2D eigenvalue weighted by Crippen LogP contribution is 2.22. The molecule has 0 saturated heterocycles. The largest absolute Gasteiger partial charge is 0.398 e. The Kier molecular flexibility index (Phi) is 4.75. The second kappa shape index (κ2) is 5.87. The fourth-order valence-corrected chi connectivity index (χ4v) is 1.85. The molecule has 3 nitrogen and oxygen atoms in total. The van der Waals surface area contributed by atoms with Crippen LogP contribution in [-0.2, 0) is 0 Å². The third kappa shape index (κ3) is 3.89. The van der Waals surface area contributed by atoms with Crippen molar-refractivity contribution in [2.75, 3.05) is 12.3 Å². The Hall–Kier alpha value is -1.29. The van der Waals surface area contributed by atoms with E-state index in [1.807, 2.05) is 26.8 Å². The van der Waals surface area contributed by atoms with Crippen molar-refractivity contribution >= 4 is 27.5 Å². The van der Waals surface area contributed by atoms with E-state index in [1.165, 1.54) is 5.57 Å². The molecule has 0 aromatic heterocycles. The van der Waals surface area contributed by atoms with Crippen molar-refractivity contribution in [3.63, 3.8) is 0 Å². The van der Waals surface area contributed by atoms with E-state index in [4.69, 9.17) is 5.73 Å². The van der Waals surface area contributed by atoms with Crippen molar-refractivity contribution in [3.05, 3.63) is 39.4 Å². The minimum absolute atomic E-state index is 0.104. The third-order valence-electron chi connectivity index (χ3n) is 2.43. The fraction of sp³-hybridized carbons (Fsp3) is 0.308. The maximum Gasteiger partial charge on any atom is 0.251 e. The zero-order valence-electron chi connectivity index (χ0n) is 10.3. The second-order valence-electron chi connectivity index (χ2n) is 4.16. The van der Waals surface area contributed by atoms with Gasteiger partial charge in [-0.25, -0.2) is 0 Å². The zero-order valence-corrected chi connectivity index (χ0v) is 11.9. The predicted octanol–water partition coefficient (Wildman–Crippen LogP) is 3.04. The Morgan fingerprint density at radius 2 is 2.12 bits per heavy atom. The minimum atomic E-state index is -0.104. The molecule has 17 heavy (non-hydrogen) atoms. The molecule has 0 unspecified atom stereocenters. The second-order valence-corrected chi connectivity index (χ2v) is 5.07. The smallest absolute Gasteiger partial charge is 0.251 e. The first-order valence-corrected chi connectivity index (χ1v) is 6.18. The molecule has 0 heterocycles. The van der Waals surface area contributed by atoms with Crippen LogP contribution in [0.5, 0.6) is 0 Å². The van der Waals surface area contributed by atoms with E-state index in [0.29, 0.717) is 17.8 Å². The molecule has 0 radical (unpaired) electrons. The number of nitrogens with one attached hydrogen (secondary N) is 1. The molecule has 0 fully saturated rings. The molecule has 1 aromatic carbocycles. The van der Waals surface area contributed by atoms with Crippen molar-refractivity contribution in [1.29, 1.82) is 0 Å². The molecule has 92 valence electrons. The van der Waals surface area contributed by atoms with Gasteiger partial charge in [0.2, 0.25) is 0 Å². The molecule has 0 spiro atoms. The summed E-state index contributed by atoms with van der Waals surface area (Å²) in [5, 5.41) is 2.83. The number of nitrogen functional groups attached to an aromatic ring is 1. The van der Waals surface area contributed by atoms with Gasteiger partial charge in [0.15, 0.2) is 0 Å². The zero-order chi connectivity index (χ0) is 13.0. The normalized spacial score (nSPS) is 9.88. The first-order chi connectivity index (χ1) is 7.91. The topological polar surface area (TPSA) is 55.1 Å². The molecule has 0 aliphatic rings. The summed E-state index contributed by atoms with van der Waals surface area (Å²) in [6, 6.07) is 3.58. The Morgan fingerprint density at radius 3 is 2.71 bits per heavy atom. The Labute approximate surface area is 110 Å². The van der Waals surface area contributed by atoms with E-state index >= 15 is 0 Å². The SMILES string of the molecule is CC(C)=CCNC(=O)c1cc(Br)cc(N)c1C. The van der Waals surface area contributed by atoms with Gasteiger partial charge in [-0.1, -0.05) is 27.6 Å². The molecule has 0 atom stereocenters. The van der Waals surface area contributed by atoms with Crippen molar-refractivity contribution in [3.8, 4) is 0 Å². The maximum atomic E-state index is 11.9. The molecule has 1 rings (SSSR count). The number of rotatable bonds is 3. The summed E-state index contributed by atoms with van der Waals surface area (Å²) in [5.41, 5.74) is 9.03. The molecule has 4 heteroatoms. The summed E-state index contributed by atoms with van der Waals surface area (Å²) in [6.45, 7) is 6.37. The van der Waals surface area contributed by atoms with Crippen molar-refractivity contribution in [1.82, 2.24) is 5.32 Å². The molecule has 0 saturated carbocycles. The minimum Gasteiger partial charge on any atom is -0.398 e. The quantitative estimate of drug-likeness (QED) is 0.665. The van der Waals surface area contributed by atoms with E-state index in [1.54, 1.807) is 12.1 Å². The van der Waals surface area contributed by atoms with Crippen LogP contribution in [0.15, 0.2) is 28.3 Å². The van der Waals surface area contributed by atoms with Crippen LogP contribution in [0.25, 0.3) is 0 Å². The van der Waals surface area contributed by atoms with Gasteiger partial charge in [0, 0.05) is 22.3 Å². The van der Waals surface area contributed by atoms with E-state index in [0.717, 1.165) is 10.0 Å². The Bertz CT molecular complexity index is 463. The van der Waals surface area contributed by atoms with Crippen molar-refractivity contribution < 1.29 is 4.79 Å². The van der Waals surface area contributed by atoms with Crippen LogP contribution in [0.3, 0.4) is 0 Å². The summed E-state index contributed by atoms with van der Waals surface area (Å²) in [4.78, 5) is 11.9. The van der Waals surface area contributed by atoms with Gasteiger partial charge in [0.25, 0.3) is 5.91 Å². The molecule has 1 aromatic rings. The lowest BCUT2D eigenvalue weighted by atomic mass is 10.1. The highest BCUT2D eigenvalue weighted by atomic mass is 79.9. The average Bonchev–Trinajstić information content (AvgIpc) is 2.22. The summed E-state index contributed by atoms with van der Waals surface area (Å²) >= 11 is 3.33. The van der Waals surface area contributed by atoms with E-state index in [-0.39, 0.29) is 5.91 Å². The van der Waals surface area contributed by atoms with Crippen LogP contribution in [-0.4, -0.2) is 12.5 Å². The number of anilines is 1. The number of nitrogens with two attached hydrogens (primary N) is 1. The number of hydrogen-bond acceptors (Lipinski definition) is 2. The van der Waals surface area contributed by atoms with Gasteiger partial charge in [-0.05, 0) is 38.5 Å². The van der Waals surface area contributed by atoms with Crippen molar-refractivity contribution in [2.45, 2.75) is 20.8 Å². The summed E-state index contributed by atoms with van der Waals surface area (Å²) in [7, 11) is 0. The third-order valence-corrected chi connectivity index (χ3v) is 2.89. The lowest BCUT2D eigenvalue weighted by Gasteiger charge is -2.09. The number of hydrogen-bond donors (Lipinski definition) is 2. The number of benzene rings is 1. The summed E-state index contributed by atoms with van der Waals surface area (Å²) < 4.78 is 0.813. The van der Waals surface area contributed by atoms with Gasteiger partial charge in [0.1, 0.15) is 0 Å². The molecule has 3 N–H and O–H groups in total. The van der Waals surface area contributed by atoms with E-state index < -0.39 is 0 Å². The average molecular weight is 297 g/mol. The van der Waals surface area contributed by atoms with Crippen LogP contribution in [0.2, 0.25) is 0 Å². The van der Waals surface area contributed by atoms with Gasteiger partial charge >= 0.3 is 0 Å². The first-order valence-electron chi connectivity index (χ1n) is 5.39. The van der Waals surface area contributed by atoms with Gasteiger partial charge in [0.05, 0.1) is 0 Å². The lowest BCUT2D eigenvalue weighted by Crippen LogP contribution is -2.24. The number of carbonyl (C=O) groups excluding carboxylic acids is 1. The van der Waals surface area contributed by atoms with E-state index in [2.05, 4.69) is 21.2 Å². The van der Waals surface area contributed by atoms with Crippen LogP contribution in [0.4, 0.5) is 5.69 Å². The fourth-order valence-electron chi connectivity index (χ4n) is 1.38. The van der Waals surface area contributed by atoms with Gasteiger partial charge in [-0.3, -0.25) is 4.79 Å². The van der Waals surface area contributed by atoms with E-state index in [9.17, 15) is 4.79 Å². The Balaban J connectivity index is 2.86. The molecular weight excluding hydrogens is 280 g/mol. The number of halogens is 1. The van der Waals surface area contributed by atoms with Gasteiger partial charge in [-0.15, -0.1) is 0 Å². The standard InChI is InChI=1S/C13H17BrN2O/c1-8(2)4-5-16-13(17)11-6-10(14)7-12(15)9(11)3/h4,6-7H,5,15H2,1-3H3,(H,16,17). The van der Waals surface area contributed by atoms with Crippen LogP contribution < -0.4 is 11.1 Å². The summed E-state index contributed by atoms with van der Waals surface area (Å²) in [6.07, 6.45) is 1.97. The van der Waals surface area contributed by atoms with Crippen LogP contribution in [0.1, 0.15) is 29.8 Å². The predicted molar refractivity (Wildman–Crippen MR) is 75.1 cm³/mol. The number of amides is 1. The highest BCUT2D eigenvalue weighted by molar-refractivity contribution is 9.10. The highest BCUT2D eigenvalue weighted by Gasteiger charge is 2.11. The molecule has 1 amide bonds. The van der Waals surface area contributed by atoms with Crippen molar-refractivity contribution in [2.24, 2.45) is 0 Å². The lowest BCUT2D eigenvalue weighted by molar-refractivity contribution is 0.0957. The Morgan fingerprint density at radius 1 is 1.47 bits per heavy atom. The van der Waals surface area contributed by atoms with Crippen LogP contribution in [0, 0.1) is 6.92 Å². The number of carbonyl (C=O) groups is 1. The monoisotopic (exact) mass is 296 g/mol. The summed E-state index contributed by atoms with van der Waals surface area (Å²) in [5.74, 6) is -0.104. The van der Waals surface area contributed by atoms with Gasteiger partial charge < -0.3 is 11.1 Å². The first kappa shape index (κ1) is 13.8. The molecule has 0 bridgehead atoms. The molecular formula is C13H17BrN2O. The molecule has 0 aliphatic heterocycles. The van der Waals surface area contributed by atoms with Crippen LogP contribution >= 0.6 is 15.9 Å². The maximum absolute atomic E-state index is 11.9. The molecule has 0 aliphatic carbocycles.